The summed E-state index contributed by atoms with van der Waals surface area (Å²) in [5.41, 5.74) is 0.935. The molecule has 0 aliphatic carbocycles. The van der Waals surface area contributed by atoms with Crippen molar-refractivity contribution >= 4 is 15.9 Å². The van der Waals surface area contributed by atoms with Crippen LogP contribution < -0.4 is 14.8 Å². The first kappa shape index (κ1) is 15.9. The summed E-state index contributed by atoms with van der Waals surface area (Å²) in [4.78, 5) is 14.0. The summed E-state index contributed by atoms with van der Waals surface area (Å²) in [5.74, 6) is 1.56. The van der Waals surface area contributed by atoms with Crippen molar-refractivity contribution in [2.24, 2.45) is 0 Å². The summed E-state index contributed by atoms with van der Waals surface area (Å²) in [6.45, 7) is 3.06. The van der Waals surface area contributed by atoms with Crippen molar-refractivity contribution in [3.63, 3.8) is 0 Å². The molecule has 1 atom stereocenters. The number of nitrogens with one attached hydrogen (secondary N) is 1. The fourth-order valence-electron chi connectivity index (χ4n) is 2.76. The van der Waals surface area contributed by atoms with Crippen LogP contribution in [0.2, 0.25) is 0 Å². The summed E-state index contributed by atoms with van der Waals surface area (Å²) < 4.78 is 33.5. The van der Waals surface area contributed by atoms with Crippen molar-refractivity contribution in [1.82, 2.24) is 10.2 Å². The van der Waals surface area contributed by atoms with Crippen molar-refractivity contribution < 1.29 is 22.7 Å². The molecule has 0 aromatic heterocycles. The lowest BCUT2D eigenvalue weighted by molar-refractivity contribution is 0.173. The molecule has 1 fully saturated rings. The molecular formula is C15H20N2O5S. The van der Waals surface area contributed by atoms with Gasteiger partial charge in [-0.3, -0.25) is 0 Å². The Bertz CT molecular complexity index is 704. The molecule has 23 heavy (non-hydrogen) atoms. The zero-order valence-electron chi connectivity index (χ0n) is 12.9. The van der Waals surface area contributed by atoms with Gasteiger partial charge >= 0.3 is 6.03 Å². The molecule has 1 saturated heterocycles. The van der Waals surface area contributed by atoms with E-state index in [2.05, 4.69) is 5.32 Å². The highest BCUT2D eigenvalue weighted by Crippen LogP contribution is 2.32. The summed E-state index contributed by atoms with van der Waals surface area (Å²) in [5, 5.41) is 2.81. The van der Waals surface area contributed by atoms with Gasteiger partial charge in [0.1, 0.15) is 0 Å². The second-order valence-corrected chi connectivity index (χ2v) is 7.98. The van der Waals surface area contributed by atoms with Crippen LogP contribution in [0.1, 0.15) is 18.9 Å². The lowest BCUT2D eigenvalue weighted by atomic mass is 10.2. The molecule has 0 bridgehead atoms. The second-order valence-electron chi connectivity index (χ2n) is 5.75. The van der Waals surface area contributed by atoms with E-state index in [0.29, 0.717) is 31.0 Å². The number of sulfone groups is 1. The number of carbonyl (C=O) groups is 1. The third-order valence-electron chi connectivity index (χ3n) is 4.04. The van der Waals surface area contributed by atoms with E-state index in [1.807, 2.05) is 25.1 Å². The Labute approximate surface area is 135 Å². The SMILES string of the molecule is CCN(Cc1ccc2c(c1)OCO2)C(=O)N[C@@H]1CCS(=O)(=O)C1. The quantitative estimate of drug-likeness (QED) is 0.888. The average Bonchev–Trinajstić information content (AvgIpc) is 3.10. The van der Waals surface area contributed by atoms with Crippen molar-refractivity contribution in [2.75, 3.05) is 24.8 Å². The molecule has 1 aromatic rings. The predicted molar refractivity (Wildman–Crippen MR) is 84.2 cm³/mol. The molecule has 3 rings (SSSR count). The molecule has 1 aromatic carbocycles. The van der Waals surface area contributed by atoms with Crippen molar-refractivity contribution in [3.8, 4) is 11.5 Å². The molecule has 126 valence electrons. The van der Waals surface area contributed by atoms with Gasteiger partial charge in [0.05, 0.1) is 11.5 Å². The molecule has 2 heterocycles. The van der Waals surface area contributed by atoms with Gasteiger partial charge in [0.15, 0.2) is 21.3 Å². The third kappa shape index (κ3) is 3.69. The molecule has 1 N–H and O–H groups in total. The lowest BCUT2D eigenvalue weighted by Crippen LogP contribution is -2.44. The van der Waals surface area contributed by atoms with Crippen LogP contribution in [0, 0.1) is 0 Å². The van der Waals surface area contributed by atoms with E-state index in [9.17, 15) is 13.2 Å². The molecule has 0 unspecified atom stereocenters. The van der Waals surface area contributed by atoms with E-state index in [0.717, 1.165) is 5.56 Å². The summed E-state index contributed by atoms with van der Waals surface area (Å²) in [7, 11) is -3.00. The van der Waals surface area contributed by atoms with Gasteiger partial charge in [-0.25, -0.2) is 13.2 Å². The van der Waals surface area contributed by atoms with Crippen molar-refractivity contribution in [2.45, 2.75) is 25.9 Å². The Morgan fingerprint density at radius 1 is 1.35 bits per heavy atom. The van der Waals surface area contributed by atoms with Gasteiger partial charge in [-0.15, -0.1) is 0 Å². The number of carbonyl (C=O) groups excluding carboxylic acids is 1. The van der Waals surface area contributed by atoms with Gasteiger partial charge in [-0.1, -0.05) is 6.07 Å². The average molecular weight is 340 g/mol. The Balaban J connectivity index is 1.62. The van der Waals surface area contributed by atoms with Gasteiger partial charge in [0.2, 0.25) is 6.79 Å². The van der Waals surface area contributed by atoms with Gasteiger partial charge in [0, 0.05) is 19.1 Å². The van der Waals surface area contributed by atoms with Crippen LogP contribution in [0.5, 0.6) is 11.5 Å². The topological polar surface area (TPSA) is 84.9 Å². The zero-order chi connectivity index (χ0) is 16.4. The number of hydrogen-bond donors (Lipinski definition) is 1. The standard InChI is InChI=1S/C15H20N2O5S/c1-2-17(15(18)16-12-5-6-23(19,20)9-12)8-11-3-4-13-14(7-11)22-10-21-13/h3-4,7,12H,2,5-6,8-10H2,1H3,(H,16,18)/t12-/m1/s1. The van der Waals surface area contributed by atoms with Crippen LogP contribution >= 0.6 is 0 Å². The minimum absolute atomic E-state index is 0.0281. The normalized spacial score (nSPS) is 21.2. The Morgan fingerprint density at radius 2 is 2.13 bits per heavy atom. The van der Waals surface area contributed by atoms with Crippen LogP contribution in [0.15, 0.2) is 18.2 Å². The molecule has 0 radical (unpaired) electrons. The number of nitrogens with zero attached hydrogens (tertiary/aromatic N) is 1. The smallest absolute Gasteiger partial charge is 0.317 e. The van der Waals surface area contributed by atoms with Gasteiger partial charge in [-0.05, 0) is 31.0 Å². The van der Waals surface area contributed by atoms with E-state index < -0.39 is 9.84 Å². The highest BCUT2D eigenvalue weighted by atomic mass is 32.2. The van der Waals surface area contributed by atoms with Crippen LogP contribution in [0.25, 0.3) is 0 Å². The fraction of sp³-hybridized carbons (Fsp3) is 0.533. The minimum Gasteiger partial charge on any atom is -0.454 e. The first-order chi connectivity index (χ1) is 11.0. The van der Waals surface area contributed by atoms with Crippen LogP contribution in [-0.2, 0) is 16.4 Å². The number of rotatable bonds is 4. The van der Waals surface area contributed by atoms with Gasteiger partial charge in [0.25, 0.3) is 0 Å². The maximum Gasteiger partial charge on any atom is 0.317 e. The van der Waals surface area contributed by atoms with E-state index in [-0.39, 0.29) is 30.4 Å². The lowest BCUT2D eigenvalue weighted by Gasteiger charge is -2.23. The molecule has 8 heteroatoms. The molecule has 2 aliphatic rings. The van der Waals surface area contributed by atoms with Crippen LogP contribution in [-0.4, -0.2) is 50.2 Å². The number of urea groups is 1. The van der Waals surface area contributed by atoms with E-state index in [4.69, 9.17) is 9.47 Å². The second kappa shape index (κ2) is 6.27. The summed E-state index contributed by atoms with van der Waals surface area (Å²) >= 11 is 0. The predicted octanol–water partition coefficient (Wildman–Crippen LogP) is 1.13. The van der Waals surface area contributed by atoms with E-state index in [1.165, 1.54) is 0 Å². The highest BCUT2D eigenvalue weighted by molar-refractivity contribution is 7.91. The summed E-state index contributed by atoms with van der Waals surface area (Å²) in [6.07, 6.45) is 0.482. The molecule has 0 spiro atoms. The fourth-order valence-corrected chi connectivity index (χ4v) is 4.44. The Kier molecular flexibility index (Phi) is 4.34. The number of ether oxygens (including phenoxy) is 2. The Hall–Kier alpha value is -1.96. The maximum atomic E-state index is 12.3. The molecule has 0 saturated carbocycles. The van der Waals surface area contributed by atoms with Gasteiger partial charge in [-0.2, -0.15) is 0 Å². The Morgan fingerprint density at radius 3 is 2.83 bits per heavy atom. The largest absolute Gasteiger partial charge is 0.454 e. The number of hydrogen-bond acceptors (Lipinski definition) is 5. The first-order valence-corrected chi connectivity index (χ1v) is 9.43. The number of fused-ring (bicyclic) bond motifs is 1. The van der Waals surface area contributed by atoms with Crippen molar-refractivity contribution in [3.05, 3.63) is 23.8 Å². The molecule has 2 amide bonds. The molecular weight excluding hydrogens is 320 g/mol. The molecule has 7 nitrogen and oxygen atoms in total. The van der Waals surface area contributed by atoms with Crippen molar-refractivity contribution in [1.29, 1.82) is 0 Å². The van der Waals surface area contributed by atoms with E-state index >= 15 is 0 Å². The number of amides is 2. The minimum atomic E-state index is -3.00. The molecule has 2 aliphatic heterocycles. The highest BCUT2D eigenvalue weighted by Gasteiger charge is 2.30. The van der Waals surface area contributed by atoms with Crippen LogP contribution in [0.3, 0.4) is 0 Å². The number of benzene rings is 1. The maximum absolute atomic E-state index is 12.3. The third-order valence-corrected chi connectivity index (χ3v) is 5.81. The first-order valence-electron chi connectivity index (χ1n) is 7.61. The zero-order valence-corrected chi connectivity index (χ0v) is 13.8. The monoisotopic (exact) mass is 340 g/mol. The van der Waals surface area contributed by atoms with Gasteiger partial charge < -0.3 is 19.7 Å². The van der Waals surface area contributed by atoms with E-state index in [1.54, 1.807) is 4.90 Å². The van der Waals surface area contributed by atoms with Crippen LogP contribution in [0.4, 0.5) is 4.79 Å². The summed E-state index contributed by atoms with van der Waals surface area (Å²) in [6, 6.07) is 5.04.